The van der Waals surface area contributed by atoms with Crippen molar-refractivity contribution in [3.8, 4) is 11.5 Å². The first-order valence-electron chi connectivity index (χ1n) is 11.7. The normalized spacial score (nSPS) is 11.3. The fraction of sp³-hybridized carbons (Fsp3) is 0.133. The number of ether oxygens (including phenoxy) is 2. The molecule has 0 aliphatic rings. The van der Waals surface area contributed by atoms with E-state index >= 15 is 0 Å². The van der Waals surface area contributed by atoms with E-state index in [1.165, 1.54) is 11.8 Å². The second kappa shape index (κ2) is 12.6. The molecule has 4 aromatic carbocycles. The molecule has 0 fully saturated rings. The number of thioether (sulfide) groups is 1. The summed E-state index contributed by atoms with van der Waals surface area (Å²) in [6.07, 6.45) is 0.289. The standard InChI is InChI=1S/C30H28N2O4S/c1-35-24-16-17-26(27(20-24)36-2)32-30(34)29(22-12-7-4-8-13-22)37-25-15-9-14-23(19-25)31-28(33)18-21-10-5-3-6-11-21/h3-17,19-20,29H,18H2,1-2H3,(H,31,33)(H,32,34). The summed E-state index contributed by atoms with van der Waals surface area (Å²) >= 11 is 1.41. The van der Waals surface area contributed by atoms with E-state index in [1.54, 1.807) is 32.4 Å². The lowest BCUT2D eigenvalue weighted by Gasteiger charge is -2.19. The van der Waals surface area contributed by atoms with Crippen LogP contribution in [0.15, 0.2) is 108 Å². The number of nitrogens with one attached hydrogen (secondary N) is 2. The average molecular weight is 513 g/mol. The van der Waals surface area contributed by atoms with Gasteiger partial charge in [0.15, 0.2) is 0 Å². The van der Waals surface area contributed by atoms with Gasteiger partial charge in [-0.15, -0.1) is 11.8 Å². The molecule has 2 amide bonds. The Bertz CT molecular complexity index is 1350. The van der Waals surface area contributed by atoms with Crippen LogP contribution < -0.4 is 20.1 Å². The Morgan fingerprint density at radius 2 is 1.51 bits per heavy atom. The second-order valence-electron chi connectivity index (χ2n) is 8.20. The van der Waals surface area contributed by atoms with Crippen LogP contribution in [-0.4, -0.2) is 26.0 Å². The van der Waals surface area contributed by atoms with Gasteiger partial charge >= 0.3 is 0 Å². The third kappa shape index (κ3) is 7.15. The predicted octanol–water partition coefficient (Wildman–Crippen LogP) is 6.36. The number of hydrogen-bond donors (Lipinski definition) is 2. The van der Waals surface area contributed by atoms with Crippen LogP contribution in [0.25, 0.3) is 0 Å². The molecule has 0 bridgehead atoms. The molecule has 0 radical (unpaired) electrons. The van der Waals surface area contributed by atoms with Crippen molar-refractivity contribution < 1.29 is 19.1 Å². The third-order valence-electron chi connectivity index (χ3n) is 5.59. The highest BCUT2D eigenvalue weighted by molar-refractivity contribution is 8.00. The van der Waals surface area contributed by atoms with Crippen molar-refractivity contribution >= 4 is 35.0 Å². The predicted molar refractivity (Wildman–Crippen MR) is 148 cm³/mol. The van der Waals surface area contributed by atoms with E-state index in [1.807, 2.05) is 84.9 Å². The molecule has 0 aliphatic heterocycles. The summed E-state index contributed by atoms with van der Waals surface area (Å²) in [6, 6.07) is 31.9. The molecular weight excluding hydrogens is 484 g/mol. The second-order valence-corrected chi connectivity index (χ2v) is 9.38. The van der Waals surface area contributed by atoms with E-state index in [0.717, 1.165) is 16.0 Å². The highest BCUT2D eigenvalue weighted by Crippen LogP contribution is 2.38. The van der Waals surface area contributed by atoms with Crippen LogP contribution in [0.4, 0.5) is 11.4 Å². The first-order valence-corrected chi connectivity index (χ1v) is 12.6. The molecule has 2 N–H and O–H groups in total. The fourth-order valence-electron chi connectivity index (χ4n) is 3.77. The smallest absolute Gasteiger partial charge is 0.242 e. The van der Waals surface area contributed by atoms with Crippen LogP contribution in [-0.2, 0) is 16.0 Å². The fourth-order valence-corrected chi connectivity index (χ4v) is 4.85. The highest BCUT2D eigenvalue weighted by Gasteiger charge is 2.23. The minimum absolute atomic E-state index is 0.0997. The summed E-state index contributed by atoms with van der Waals surface area (Å²) in [6.45, 7) is 0. The van der Waals surface area contributed by atoms with Gasteiger partial charge in [0.1, 0.15) is 16.7 Å². The number of amides is 2. The number of carbonyl (C=O) groups is 2. The van der Waals surface area contributed by atoms with Gasteiger partial charge in [-0.2, -0.15) is 0 Å². The number of hydrogen-bond acceptors (Lipinski definition) is 5. The zero-order valence-corrected chi connectivity index (χ0v) is 21.5. The van der Waals surface area contributed by atoms with Crippen molar-refractivity contribution in [3.05, 3.63) is 114 Å². The molecule has 0 spiro atoms. The van der Waals surface area contributed by atoms with E-state index in [-0.39, 0.29) is 18.2 Å². The first kappa shape index (κ1) is 25.9. The molecule has 0 saturated carbocycles. The van der Waals surface area contributed by atoms with Crippen molar-refractivity contribution in [1.82, 2.24) is 0 Å². The topological polar surface area (TPSA) is 76.7 Å². The zero-order valence-electron chi connectivity index (χ0n) is 20.6. The Labute approximate surface area is 221 Å². The number of anilines is 2. The van der Waals surface area contributed by atoms with Crippen molar-refractivity contribution in [2.45, 2.75) is 16.6 Å². The maximum atomic E-state index is 13.5. The molecule has 7 heteroatoms. The zero-order chi connectivity index (χ0) is 26.0. The van der Waals surface area contributed by atoms with Crippen molar-refractivity contribution in [1.29, 1.82) is 0 Å². The largest absolute Gasteiger partial charge is 0.497 e. The number of rotatable bonds is 10. The Hall–Kier alpha value is -4.23. The van der Waals surface area contributed by atoms with Crippen LogP contribution in [0.3, 0.4) is 0 Å². The molecule has 0 aliphatic carbocycles. The van der Waals surface area contributed by atoms with Crippen molar-refractivity contribution in [3.63, 3.8) is 0 Å². The summed E-state index contributed by atoms with van der Waals surface area (Å²) in [5, 5.41) is 5.41. The van der Waals surface area contributed by atoms with Gasteiger partial charge in [0.05, 0.1) is 26.3 Å². The third-order valence-corrected chi connectivity index (χ3v) is 6.83. The number of carbonyl (C=O) groups excluding carboxylic acids is 2. The van der Waals surface area contributed by atoms with Crippen LogP contribution in [0, 0.1) is 0 Å². The van der Waals surface area contributed by atoms with Crippen LogP contribution in [0.1, 0.15) is 16.4 Å². The molecule has 0 saturated heterocycles. The quantitative estimate of drug-likeness (QED) is 0.242. The number of benzene rings is 4. The van der Waals surface area contributed by atoms with E-state index < -0.39 is 5.25 Å². The molecule has 4 rings (SSSR count). The van der Waals surface area contributed by atoms with Gasteiger partial charge < -0.3 is 20.1 Å². The molecule has 37 heavy (non-hydrogen) atoms. The molecule has 1 unspecified atom stereocenters. The molecule has 4 aromatic rings. The van der Waals surface area contributed by atoms with Gasteiger partial charge in [0.2, 0.25) is 11.8 Å². The summed E-state index contributed by atoms with van der Waals surface area (Å²) < 4.78 is 10.7. The summed E-state index contributed by atoms with van der Waals surface area (Å²) in [7, 11) is 3.12. The molecular formula is C30H28N2O4S. The minimum Gasteiger partial charge on any atom is -0.497 e. The minimum atomic E-state index is -0.539. The van der Waals surface area contributed by atoms with E-state index in [0.29, 0.717) is 22.9 Å². The van der Waals surface area contributed by atoms with Crippen LogP contribution >= 0.6 is 11.8 Å². The van der Waals surface area contributed by atoms with Crippen molar-refractivity contribution in [2.24, 2.45) is 0 Å². The van der Waals surface area contributed by atoms with Gasteiger partial charge in [0, 0.05) is 16.6 Å². The van der Waals surface area contributed by atoms with Gasteiger partial charge in [-0.05, 0) is 41.5 Å². The lowest BCUT2D eigenvalue weighted by molar-refractivity contribution is -0.116. The average Bonchev–Trinajstić information content (AvgIpc) is 2.93. The van der Waals surface area contributed by atoms with Gasteiger partial charge in [-0.25, -0.2) is 0 Å². The monoisotopic (exact) mass is 512 g/mol. The Morgan fingerprint density at radius 3 is 2.22 bits per heavy atom. The van der Waals surface area contributed by atoms with Crippen LogP contribution in [0.5, 0.6) is 11.5 Å². The Kier molecular flexibility index (Phi) is 8.84. The maximum absolute atomic E-state index is 13.5. The lowest BCUT2D eigenvalue weighted by atomic mass is 10.1. The molecule has 6 nitrogen and oxygen atoms in total. The van der Waals surface area contributed by atoms with E-state index in [9.17, 15) is 9.59 Å². The molecule has 1 atom stereocenters. The van der Waals surface area contributed by atoms with Gasteiger partial charge in [-0.3, -0.25) is 9.59 Å². The molecule has 188 valence electrons. The van der Waals surface area contributed by atoms with Crippen LogP contribution in [0.2, 0.25) is 0 Å². The summed E-state index contributed by atoms with van der Waals surface area (Å²) in [5.41, 5.74) is 3.03. The Balaban J connectivity index is 1.52. The lowest BCUT2D eigenvalue weighted by Crippen LogP contribution is -2.19. The molecule has 0 heterocycles. The maximum Gasteiger partial charge on any atom is 0.242 e. The number of methoxy groups -OCH3 is 2. The van der Waals surface area contributed by atoms with Crippen molar-refractivity contribution in [2.75, 3.05) is 24.9 Å². The summed E-state index contributed by atoms with van der Waals surface area (Å²) in [4.78, 5) is 26.9. The van der Waals surface area contributed by atoms with E-state index in [4.69, 9.17) is 9.47 Å². The summed E-state index contributed by atoms with van der Waals surface area (Å²) in [5.74, 6) is 0.845. The molecule has 0 aromatic heterocycles. The Morgan fingerprint density at radius 1 is 0.784 bits per heavy atom. The van der Waals surface area contributed by atoms with Gasteiger partial charge in [-0.1, -0.05) is 66.7 Å². The van der Waals surface area contributed by atoms with E-state index in [2.05, 4.69) is 10.6 Å². The SMILES string of the molecule is COc1ccc(NC(=O)C(Sc2cccc(NC(=O)Cc3ccccc3)c2)c2ccccc2)c(OC)c1. The highest BCUT2D eigenvalue weighted by atomic mass is 32.2. The first-order chi connectivity index (χ1) is 18.1. The van der Waals surface area contributed by atoms with Gasteiger partial charge in [0.25, 0.3) is 0 Å².